The SMILES string of the molecule is CC(C)(C(=O)NCCO)c1ccc(C2CC2)cc1. The van der Waals surface area contributed by atoms with E-state index < -0.39 is 5.41 Å². The molecule has 1 aromatic carbocycles. The van der Waals surface area contributed by atoms with Crippen LogP contribution in [0.15, 0.2) is 24.3 Å². The molecule has 0 aromatic heterocycles. The molecule has 1 aromatic rings. The minimum Gasteiger partial charge on any atom is -0.395 e. The maximum absolute atomic E-state index is 12.0. The van der Waals surface area contributed by atoms with Gasteiger partial charge in [0, 0.05) is 6.54 Å². The van der Waals surface area contributed by atoms with E-state index in [1.165, 1.54) is 18.4 Å². The molecule has 1 aliphatic carbocycles. The largest absolute Gasteiger partial charge is 0.395 e. The van der Waals surface area contributed by atoms with Gasteiger partial charge in [-0.05, 0) is 43.7 Å². The molecule has 0 radical (unpaired) electrons. The number of aliphatic hydroxyl groups is 1. The highest BCUT2D eigenvalue weighted by atomic mass is 16.3. The summed E-state index contributed by atoms with van der Waals surface area (Å²) in [5, 5.41) is 11.5. The van der Waals surface area contributed by atoms with Gasteiger partial charge in [0.2, 0.25) is 5.91 Å². The molecule has 0 aliphatic heterocycles. The smallest absolute Gasteiger partial charge is 0.230 e. The van der Waals surface area contributed by atoms with Gasteiger partial charge in [0.15, 0.2) is 0 Å². The molecule has 0 heterocycles. The zero-order valence-electron chi connectivity index (χ0n) is 11.1. The van der Waals surface area contributed by atoms with Crippen LogP contribution >= 0.6 is 0 Å². The van der Waals surface area contributed by atoms with Crippen molar-refractivity contribution in [3.8, 4) is 0 Å². The monoisotopic (exact) mass is 247 g/mol. The first kappa shape index (κ1) is 13.1. The lowest BCUT2D eigenvalue weighted by Gasteiger charge is -2.24. The van der Waals surface area contributed by atoms with E-state index in [0.717, 1.165) is 11.5 Å². The Balaban J connectivity index is 2.10. The van der Waals surface area contributed by atoms with Crippen LogP contribution in [0.25, 0.3) is 0 Å². The Morgan fingerprint density at radius 2 is 1.94 bits per heavy atom. The van der Waals surface area contributed by atoms with Crippen molar-refractivity contribution < 1.29 is 9.90 Å². The number of hydrogen-bond donors (Lipinski definition) is 2. The summed E-state index contributed by atoms with van der Waals surface area (Å²) in [5.41, 5.74) is 1.84. The Kier molecular flexibility index (Phi) is 3.71. The van der Waals surface area contributed by atoms with Gasteiger partial charge in [0.1, 0.15) is 0 Å². The van der Waals surface area contributed by atoms with Crippen molar-refractivity contribution in [3.05, 3.63) is 35.4 Å². The van der Waals surface area contributed by atoms with E-state index in [1.54, 1.807) is 0 Å². The maximum atomic E-state index is 12.0. The number of hydrogen-bond acceptors (Lipinski definition) is 2. The van der Waals surface area contributed by atoms with Gasteiger partial charge in [0.25, 0.3) is 0 Å². The third-order valence-electron chi connectivity index (χ3n) is 3.65. The van der Waals surface area contributed by atoms with Crippen LogP contribution in [-0.4, -0.2) is 24.2 Å². The number of nitrogens with one attached hydrogen (secondary N) is 1. The summed E-state index contributed by atoms with van der Waals surface area (Å²) in [4.78, 5) is 12.0. The Bertz CT molecular complexity index is 419. The molecule has 1 fully saturated rings. The van der Waals surface area contributed by atoms with Crippen molar-refractivity contribution in [2.24, 2.45) is 0 Å². The van der Waals surface area contributed by atoms with Crippen molar-refractivity contribution >= 4 is 5.91 Å². The zero-order chi connectivity index (χ0) is 13.2. The second-order valence-corrected chi connectivity index (χ2v) is 5.50. The molecule has 18 heavy (non-hydrogen) atoms. The van der Waals surface area contributed by atoms with Crippen LogP contribution in [0.3, 0.4) is 0 Å². The van der Waals surface area contributed by atoms with Gasteiger partial charge in [0.05, 0.1) is 12.0 Å². The summed E-state index contributed by atoms with van der Waals surface area (Å²) in [7, 11) is 0. The van der Waals surface area contributed by atoms with Crippen molar-refractivity contribution in [3.63, 3.8) is 0 Å². The predicted molar refractivity (Wildman–Crippen MR) is 71.5 cm³/mol. The highest BCUT2D eigenvalue weighted by molar-refractivity contribution is 5.87. The van der Waals surface area contributed by atoms with Gasteiger partial charge >= 0.3 is 0 Å². The van der Waals surface area contributed by atoms with E-state index in [4.69, 9.17) is 5.11 Å². The van der Waals surface area contributed by atoms with Crippen LogP contribution in [0.1, 0.15) is 43.7 Å². The fourth-order valence-corrected chi connectivity index (χ4v) is 2.11. The van der Waals surface area contributed by atoms with Crippen molar-refractivity contribution in [1.82, 2.24) is 5.32 Å². The Hall–Kier alpha value is -1.35. The molecule has 1 aliphatic rings. The van der Waals surface area contributed by atoms with Crippen LogP contribution in [0.4, 0.5) is 0 Å². The fourth-order valence-electron chi connectivity index (χ4n) is 2.11. The summed E-state index contributed by atoms with van der Waals surface area (Å²) in [5.74, 6) is 0.695. The van der Waals surface area contributed by atoms with Crippen LogP contribution in [0.5, 0.6) is 0 Å². The molecule has 3 nitrogen and oxygen atoms in total. The quantitative estimate of drug-likeness (QED) is 0.835. The summed E-state index contributed by atoms with van der Waals surface area (Å²) in [6, 6.07) is 8.36. The maximum Gasteiger partial charge on any atom is 0.230 e. The van der Waals surface area contributed by atoms with E-state index in [1.807, 2.05) is 26.0 Å². The van der Waals surface area contributed by atoms with Gasteiger partial charge in [-0.15, -0.1) is 0 Å². The predicted octanol–water partition coefficient (Wildman–Crippen LogP) is 1.95. The molecular weight excluding hydrogens is 226 g/mol. The van der Waals surface area contributed by atoms with Gasteiger partial charge < -0.3 is 10.4 Å². The lowest BCUT2D eigenvalue weighted by molar-refractivity contribution is -0.125. The Labute approximate surface area is 108 Å². The number of rotatable bonds is 5. The normalized spacial score (nSPS) is 15.5. The average Bonchev–Trinajstić information content (AvgIpc) is 3.20. The molecule has 0 saturated heterocycles. The van der Waals surface area contributed by atoms with Crippen molar-refractivity contribution in [2.75, 3.05) is 13.2 Å². The van der Waals surface area contributed by atoms with E-state index in [-0.39, 0.29) is 12.5 Å². The van der Waals surface area contributed by atoms with Crippen LogP contribution < -0.4 is 5.32 Å². The molecule has 2 rings (SSSR count). The lowest BCUT2D eigenvalue weighted by atomic mass is 9.83. The number of benzene rings is 1. The van der Waals surface area contributed by atoms with E-state index in [0.29, 0.717) is 6.54 Å². The Morgan fingerprint density at radius 3 is 2.44 bits per heavy atom. The Morgan fingerprint density at radius 1 is 1.33 bits per heavy atom. The molecule has 0 atom stereocenters. The van der Waals surface area contributed by atoms with Gasteiger partial charge in [-0.25, -0.2) is 0 Å². The van der Waals surface area contributed by atoms with E-state index in [9.17, 15) is 4.79 Å². The van der Waals surface area contributed by atoms with Crippen LogP contribution in [0.2, 0.25) is 0 Å². The molecule has 1 saturated carbocycles. The third kappa shape index (κ3) is 2.72. The number of amides is 1. The average molecular weight is 247 g/mol. The number of aliphatic hydroxyl groups excluding tert-OH is 1. The molecule has 3 heteroatoms. The van der Waals surface area contributed by atoms with Crippen molar-refractivity contribution in [2.45, 2.75) is 38.0 Å². The summed E-state index contributed by atoms with van der Waals surface area (Å²) in [6.07, 6.45) is 2.58. The topological polar surface area (TPSA) is 49.3 Å². The second-order valence-electron chi connectivity index (χ2n) is 5.50. The third-order valence-corrected chi connectivity index (χ3v) is 3.65. The minimum atomic E-state index is -0.558. The fraction of sp³-hybridized carbons (Fsp3) is 0.533. The first-order valence-electron chi connectivity index (χ1n) is 6.55. The van der Waals surface area contributed by atoms with Crippen LogP contribution in [0, 0.1) is 0 Å². The molecule has 2 N–H and O–H groups in total. The summed E-state index contributed by atoms with van der Waals surface area (Å²) >= 11 is 0. The molecule has 1 amide bonds. The summed E-state index contributed by atoms with van der Waals surface area (Å²) in [6.45, 7) is 4.10. The van der Waals surface area contributed by atoms with Crippen LogP contribution in [-0.2, 0) is 10.2 Å². The zero-order valence-corrected chi connectivity index (χ0v) is 11.1. The minimum absolute atomic E-state index is 0.0254. The van der Waals surface area contributed by atoms with Crippen molar-refractivity contribution in [1.29, 1.82) is 0 Å². The molecule has 0 bridgehead atoms. The molecular formula is C15H21NO2. The highest BCUT2D eigenvalue weighted by Crippen LogP contribution is 2.40. The van der Waals surface area contributed by atoms with Gasteiger partial charge in [-0.1, -0.05) is 24.3 Å². The molecule has 0 spiro atoms. The highest BCUT2D eigenvalue weighted by Gasteiger charge is 2.30. The first-order chi connectivity index (χ1) is 8.55. The van der Waals surface area contributed by atoms with E-state index in [2.05, 4.69) is 17.4 Å². The van der Waals surface area contributed by atoms with Gasteiger partial charge in [-0.3, -0.25) is 4.79 Å². The van der Waals surface area contributed by atoms with Gasteiger partial charge in [-0.2, -0.15) is 0 Å². The molecule has 0 unspecified atom stereocenters. The van der Waals surface area contributed by atoms with E-state index >= 15 is 0 Å². The second kappa shape index (κ2) is 5.11. The number of carbonyl (C=O) groups excluding carboxylic acids is 1. The number of carbonyl (C=O) groups is 1. The lowest BCUT2D eigenvalue weighted by Crippen LogP contribution is -2.41. The standard InChI is InChI=1S/C15H21NO2/c1-15(2,14(18)16-9-10-17)13-7-5-12(6-8-13)11-3-4-11/h5-8,11,17H,3-4,9-10H2,1-2H3,(H,16,18). The summed E-state index contributed by atoms with van der Waals surface area (Å²) < 4.78 is 0. The molecule has 98 valence electrons. The first-order valence-corrected chi connectivity index (χ1v) is 6.55.